The molecule has 0 bridgehead atoms. The van der Waals surface area contributed by atoms with Crippen molar-refractivity contribution in [2.24, 2.45) is 0 Å². The number of carbonyl (C=O) groups is 1. The third kappa shape index (κ3) is 5.17. The van der Waals surface area contributed by atoms with E-state index in [-0.39, 0.29) is 10.6 Å². The van der Waals surface area contributed by atoms with Gasteiger partial charge in [-0.25, -0.2) is 8.42 Å². The Morgan fingerprint density at radius 1 is 0.968 bits per heavy atom. The van der Waals surface area contributed by atoms with Crippen molar-refractivity contribution in [3.05, 3.63) is 87.9 Å². The highest BCUT2D eigenvalue weighted by atomic mass is 79.9. The molecule has 162 valence electrons. The van der Waals surface area contributed by atoms with Gasteiger partial charge in [0.1, 0.15) is 5.75 Å². The summed E-state index contributed by atoms with van der Waals surface area (Å²) < 4.78 is 34.2. The number of aryl methyl sites for hydroxylation is 3. The number of sulfonamides is 1. The van der Waals surface area contributed by atoms with E-state index in [1.54, 1.807) is 30.3 Å². The topological polar surface area (TPSA) is 63.7 Å². The summed E-state index contributed by atoms with van der Waals surface area (Å²) in [5.41, 5.74) is 3.03. The van der Waals surface area contributed by atoms with Gasteiger partial charge in [-0.2, -0.15) is 4.31 Å². The summed E-state index contributed by atoms with van der Waals surface area (Å²) >= 11 is 3.43. The number of halogens is 1. The molecular weight excluding hydrogens is 478 g/mol. The lowest BCUT2D eigenvalue weighted by Gasteiger charge is -2.23. The summed E-state index contributed by atoms with van der Waals surface area (Å²) in [5.74, 6) is -0.107. The molecule has 3 aromatic carbocycles. The Balaban J connectivity index is 1.97. The molecule has 0 spiro atoms. The molecule has 0 N–H and O–H groups in total. The van der Waals surface area contributed by atoms with Crippen LogP contribution in [0.2, 0.25) is 0 Å². The van der Waals surface area contributed by atoms with Crippen LogP contribution in [0.4, 0.5) is 5.69 Å². The summed E-state index contributed by atoms with van der Waals surface area (Å²) in [5, 5.41) is 0. The quantitative estimate of drug-likeness (QED) is 0.432. The van der Waals surface area contributed by atoms with E-state index in [9.17, 15) is 13.2 Å². The van der Waals surface area contributed by atoms with Crippen LogP contribution >= 0.6 is 15.9 Å². The Morgan fingerprint density at radius 3 is 2.10 bits per heavy atom. The molecule has 0 aliphatic heterocycles. The van der Waals surface area contributed by atoms with E-state index in [0.717, 1.165) is 31.9 Å². The molecule has 7 heteroatoms. The number of ether oxygens (including phenoxy) is 1. The Morgan fingerprint density at radius 2 is 1.55 bits per heavy atom. The number of hydrogen-bond donors (Lipinski definition) is 0. The number of carbonyl (C=O) groups excluding carboxylic acids is 1. The molecule has 0 fully saturated rings. The van der Waals surface area contributed by atoms with Crippen molar-refractivity contribution in [3.8, 4) is 5.75 Å². The minimum absolute atomic E-state index is 0.0407. The molecule has 0 aliphatic rings. The molecule has 0 aliphatic carbocycles. The van der Waals surface area contributed by atoms with Gasteiger partial charge in [0.05, 0.1) is 10.6 Å². The zero-order chi connectivity index (χ0) is 22.6. The molecule has 0 atom stereocenters. The van der Waals surface area contributed by atoms with Crippen LogP contribution in [0.1, 0.15) is 23.6 Å². The molecule has 0 saturated carbocycles. The van der Waals surface area contributed by atoms with Crippen LogP contribution in [-0.2, 0) is 21.2 Å². The maximum absolute atomic E-state index is 13.4. The van der Waals surface area contributed by atoms with Crippen LogP contribution in [0, 0.1) is 13.8 Å². The first-order chi connectivity index (χ1) is 14.7. The highest BCUT2D eigenvalue weighted by Crippen LogP contribution is 2.29. The summed E-state index contributed by atoms with van der Waals surface area (Å²) in [4.78, 5) is 13.2. The van der Waals surface area contributed by atoms with Gasteiger partial charge >= 0.3 is 0 Å². The van der Waals surface area contributed by atoms with Gasteiger partial charge in [0.2, 0.25) is 0 Å². The number of nitrogens with zero attached hydrogens (tertiary/aromatic N) is 1. The molecule has 0 radical (unpaired) electrons. The maximum Gasteiger partial charge on any atom is 0.278 e. The maximum atomic E-state index is 13.4. The largest absolute Gasteiger partial charge is 0.483 e. The molecule has 0 unspecified atom stereocenters. The van der Waals surface area contributed by atoms with Crippen LogP contribution in [0.15, 0.2) is 76.1 Å². The molecule has 31 heavy (non-hydrogen) atoms. The fourth-order valence-electron chi connectivity index (χ4n) is 3.30. The van der Waals surface area contributed by atoms with Crippen molar-refractivity contribution in [1.82, 2.24) is 0 Å². The average molecular weight is 502 g/mol. The zero-order valence-electron chi connectivity index (χ0n) is 17.6. The fourth-order valence-corrected chi connectivity index (χ4v) is 5.42. The van der Waals surface area contributed by atoms with Crippen LogP contribution in [0.25, 0.3) is 0 Å². The van der Waals surface area contributed by atoms with Gasteiger partial charge in [0.25, 0.3) is 15.9 Å². The van der Waals surface area contributed by atoms with Gasteiger partial charge in [-0.1, -0.05) is 53.2 Å². The van der Waals surface area contributed by atoms with Crippen LogP contribution in [0.5, 0.6) is 5.75 Å². The van der Waals surface area contributed by atoms with Crippen LogP contribution in [-0.4, -0.2) is 20.9 Å². The Hall–Kier alpha value is -2.64. The summed E-state index contributed by atoms with van der Waals surface area (Å²) in [6, 6.07) is 18.6. The van der Waals surface area contributed by atoms with Gasteiger partial charge in [-0.15, -0.1) is 0 Å². The molecule has 3 rings (SSSR count). The zero-order valence-corrected chi connectivity index (χ0v) is 20.0. The molecule has 0 saturated heterocycles. The first-order valence-electron chi connectivity index (χ1n) is 9.85. The minimum atomic E-state index is -4.11. The van der Waals surface area contributed by atoms with Crippen molar-refractivity contribution in [2.45, 2.75) is 32.1 Å². The van der Waals surface area contributed by atoms with E-state index in [1.807, 2.05) is 45.0 Å². The van der Waals surface area contributed by atoms with E-state index < -0.39 is 22.5 Å². The number of hydrogen-bond acceptors (Lipinski definition) is 4. The number of anilines is 1. The van der Waals surface area contributed by atoms with Crippen molar-refractivity contribution in [2.75, 3.05) is 10.9 Å². The van der Waals surface area contributed by atoms with Crippen molar-refractivity contribution >= 4 is 37.5 Å². The van der Waals surface area contributed by atoms with Gasteiger partial charge in [0.15, 0.2) is 6.61 Å². The highest BCUT2D eigenvalue weighted by molar-refractivity contribution is 9.10. The summed E-state index contributed by atoms with van der Waals surface area (Å²) in [6.45, 7) is 5.35. The van der Waals surface area contributed by atoms with Gasteiger partial charge in [-0.3, -0.25) is 4.79 Å². The first kappa shape index (κ1) is 23.0. The third-order valence-corrected chi connectivity index (χ3v) is 7.07. The SMILES string of the molecule is CCc1ccc(N(C(=O)COc2c(C)cc(Br)cc2C)S(=O)(=O)c2ccccc2)cc1. The molecular formula is C24H24BrNO4S. The monoisotopic (exact) mass is 501 g/mol. The van der Waals surface area contributed by atoms with E-state index in [1.165, 1.54) is 12.1 Å². The second kappa shape index (κ2) is 9.66. The van der Waals surface area contributed by atoms with Crippen molar-refractivity contribution in [1.29, 1.82) is 0 Å². The van der Waals surface area contributed by atoms with Crippen molar-refractivity contribution < 1.29 is 17.9 Å². The predicted octanol–water partition coefficient (Wildman–Crippen LogP) is 5.43. The van der Waals surface area contributed by atoms with Gasteiger partial charge in [0, 0.05) is 4.47 Å². The standard InChI is InChI=1S/C24H24BrNO4S/c1-4-19-10-12-21(13-11-19)26(31(28,29)22-8-6-5-7-9-22)23(27)16-30-24-17(2)14-20(25)15-18(24)3/h5-15H,4,16H2,1-3H3. The minimum Gasteiger partial charge on any atom is -0.483 e. The summed E-state index contributed by atoms with van der Waals surface area (Å²) in [6.07, 6.45) is 0.810. The number of amides is 1. The lowest BCUT2D eigenvalue weighted by atomic mass is 10.1. The first-order valence-corrected chi connectivity index (χ1v) is 12.1. The second-order valence-corrected chi connectivity index (χ2v) is 9.86. The lowest BCUT2D eigenvalue weighted by molar-refractivity contribution is -0.119. The Bertz CT molecular complexity index is 1150. The molecule has 0 heterocycles. The molecule has 3 aromatic rings. The third-order valence-electron chi connectivity index (χ3n) is 4.85. The van der Waals surface area contributed by atoms with E-state index in [0.29, 0.717) is 5.75 Å². The number of benzene rings is 3. The van der Waals surface area contributed by atoms with Crippen LogP contribution < -0.4 is 9.04 Å². The highest BCUT2D eigenvalue weighted by Gasteiger charge is 2.31. The second-order valence-electron chi connectivity index (χ2n) is 7.15. The molecule has 0 aromatic heterocycles. The smallest absolute Gasteiger partial charge is 0.278 e. The van der Waals surface area contributed by atoms with E-state index >= 15 is 0 Å². The Labute approximate surface area is 191 Å². The lowest BCUT2D eigenvalue weighted by Crippen LogP contribution is -2.40. The fraction of sp³-hybridized carbons (Fsp3) is 0.208. The van der Waals surface area contributed by atoms with Crippen LogP contribution in [0.3, 0.4) is 0 Å². The predicted molar refractivity (Wildman–Crippen MR) is 126 cm³/mol. The molecule has 1 amide bonds. The average Bonchev–Trinajstić information content (AvgIpc) is 2.74. The van der Waals surface area contributed by atoms with E-state index in [4.69, 9.17) is 4.74 Å². The van der Waals surface area contributed by atoms with Crippen molar-refractivity contribution in [3.63, 3.8) is 0 Å². The summed E-state index contributed by atoms with van der Waals surface area (Å²) in [7, 11) is -4.11. The normalized spacial score (nSPS) is 11.2. The van der Waals surface area contributed by atoms with Gasteiger partial charge in [-0.05, 0) is 73.4 Å². The molecule has 5 nitrogen and oxygen atoms in total. The Kier molecular flexibility index (Phi) is 7.18. The van der Waals surface area contributed by atoms with Gasteiger partial charge < -0.3 is 4.74 Å². The number of rotatable bonds is 7. The van der Waals surface area contributed by atoms with E-state index in [2.05, 4.69) is 15.9 Å².